The molecule has 2 rings (SSSR count). The van der Waals surface area contributed by atoms with Crippen LogP contribution >= 0.6 is 27.5 Å². The average Bonchev–Trinajstić information content (AvgIpc) is 2.34. The van der Waals surface area contributed by atoms with Gasteiger partial charge in [0.2, 0.25) is 0 Å². The first-order valence-electron chi connectivity index (χ1n) is 4.98. The largest absolute Gasteiger partial charge is 0.456 e. The third-order valence-corrected chi connectivity index (χ3v) is 3.10. The Morgan fingerprint density at radius 3 is 2.67 bits per heavy atom. The zero-order valence-electron chi connectivity index (χ0n) is 8.99. The molecule has 0 spiro atoms. The first-order chi connectivity index (χ1) is 8.60. The van der Waals surface area contributed by atoms with E-state index in [-0.39, 0.29) is 0 Å². The Morgan fingerprint density at radius 2 is 2.00 bits per heavy atom. The van der Waals surface area contributed by atoms with E-state index in [1.807, 2.05) is 0 Å². The summed E-state index contributed by atoms with van der Waals surface area (Å²) in [5.74, 6) is 0.141. The maximum atomic E-state index is 13.3. The number of carbonyl (C=O) groups excluding carboxylic acids is 1. The summed E-state index contributed by atoms with van der Waals surface area (Å²) >= 11 is 8.87. The molecular weight excluding hydrogens is 322 g/mol. The van der Waals surface area contributed by atoms with Crippen molar-refractivity contribution in [2.24, 2.45) is 0 Å². The predicted molar refractivity (Wildman–Crippen MR) is 71.0 cm³/mol. The van der Waals surface area contributed by atoms with Crippen molar-refractivity contribution in [3.05, 3.63) is 57.3 Å². The van der Waals surface area contributed by atoms with Gasteiger partial charge in [0.25, 0.3) is 0 Å². The molecule has 0 radical (unpaired) electrons. The zero-order valence-corrected chi connectivity index (χ0v) is 11.3. The van der Waals surface area contributed by atoms with Crippen LogP contribution in [0.3, 0.4) is 0 Å². The van der Waals surface area contributed by atoms with E-state index in [2.05, 4.69) is 15.9 Å². The van der Waals surface area contributed by atoms with Gasteiger partial charge in [0.15, 0.2) is 6.29 Å². The highest BCUT2D eigenvalue weighted by molar-refractivity contribution is 9.10. The van der Waals surface area contributed by atoms with E-state index in [1.165, 1.54) is 18.2 Å². The van der Waals surface area contributed by atoms with Crippen molar-refractivity contribution >= 4 is 33.8 Å². The summed E-state index contributed by atoms with van der Waals surface area (Å²) < 4.78 is 19.1. The average molecular weight is 330 g/mol. The molecule has 0 amide bonds. The van der Waals surface area contributed by atoms with Crippen LogP contribution in [-0.2, 0) is 0 Å². The van der Waals surface area contributed by atoms with Crippen LogP contribution in [0.1, 0.15) is 10.4 Å². The van der Waals surface area contributed by atoms with E-state index in [4.69, 9.17) is 16.3 Å². The summed E-state index contributed by atoms with van der Waals surface area (Å²) in [6.45, 7) is 0. The molecule has 0 unspecified atom stereocenters. The van der Waals surface area contributed by atoms with Gasteiger partial charge in [0, 0.05) is 17.2 Å². The van der Waals surface area contributed by atoms with Gasteiger partial charge in [-0.2, -0.15) is 0 Å². The van der Waals surface area contributed by atoms with E-state index in [0.717, 1.165) is 0 Å². The molecule has 0 bridgehead atoms. The van der Waals surface area contributed by atoms with Crippen LogP contribution in [0, 0.1) is 5.82 Å². The summed E-state index contributed by atoms with van der Waals surface area (Å²) in [5, 5.41) is 0.438. The SMILES string of the molecule is O=Cc1ccc(Cl)cc1Oc1ccc(Br)c(F)c1. The summed E-state index contributed by atoms with van der Waals surface area (Å²) in [6.07, 6.45) is 0.654. The van der Waals surface area contributed by atoms with Crippen molar-refractivity contribution in [3.8, 4) is 11.5 Å². The van der Waals surface area contributed by atoms with Gasteiger partial charge in [-0.3, -0.25) is 4.79 Å². The van der Waals surface area contributed by atoms with Crippen molar-refractivity contribution in [1.29, 1.82) is 0 Å². The monoisotopic (exact) mass is 328 g/mol. The quantitative estimate of drug-likeness (QED) is 0.753. The van der Waals surface area contributed by atoms with Crippen LogP contribution in [0.25, 0.3) is 0 Å². The molecule has 0 heterocycles. The van der Waals surface area contributed by atoms with Gasteiger partial charge in [-0.1, -0.05) is 11.6 Å². The normalized spacial score (nSPS) is 10.2. The second kappa shape index (κ2) is 5.50. The van der Waals surface area contributed by atoms with Gasteiger partial charge in [-0.25, -0.2) is 4.39 Å². The zero-order chi connectivity index (χ0) is 13.1. The first-order valence-corrected chi connectivity index (χ1v) is 6.15. The Labute approximate surface area is 116 Å². The number of rotatable bonds is 3. The van der Waals surface area contributed by atoms with Gasteiger partial charge < -0.3 is 4.74 Å². The van der Waals surface area contributed by atoms with E-state index >= 15 is 0 Å². The van der Waals surface area contributed by atoms with Crippen molar-refractivity contribution in [3.63, 3.8) is 0 Å². The molecule has 92 valence electrons. The molecule has 0 N–H and O–H groups in total. The molecule has 18 heavy (non-hydrogen) atoms. The van der Waals surface area contributed by atoms with Crippen LogP contribution < -0.4 is 4.74 Å². The Balaban J connectivity index is 2.35. The predicted octanol–water partition coefficient (Wildman–Crippen LogP) is 4.85. The molecule has 2 aromatic carbocycles. The summed E-state index contributed by atoms with van der Waals surface area (Å²) in [6, 6.07) is 8.96. The number of hydrogen-bond acceptors (Lipinski definition) is 2. The Hall–Kier alpha value is -1.39. The minimum atomic E-state index is -0.442. The highest BCUT2D eigenvalue weighted by atomic mass is 79.9. The number of ether oxygens (including phenoxy) is 1. The van der Waals surface area contributed by atoms with Gasteiger partial charge >= 0.3 is 0 Å². The topological polar surface area (TPSA) is 26.3 Å². The molecule has 2 nitrogen and oxygen atoms in total. The maximum Gasteiger partial charge on any atom is 0.153 e. The molecule has 0 aliphatic carbocycles. The molecule has 0 fully saturated rings. The molecular formula is C13H7BrClFO2. The van der Waals surface area contributed by atoms with Crippen LogP contribution in [0.4, 0.5) is 4.39 Å². The van der Waals surface area contributed by atoms with E-state index < -0.39 is 5.82 Å². The Morgan fingerprint density at radius 1 is 1.22 bits per heavy atom. The van der Waals surface area contributed by atoms with Crippen LogP contribution in [0.5, 0.6) is 11.5 Å². The van der Waals surface area contributed by atoms with E-state index in [0.29, 0.717) is 32.8 Å². The lowest BCUT2D eigenvalue weighted by molar-refractivity contribution is 0.112. The molecule has 0 aliphatic heterocycles. The summed E-state index contributed by atoms with van der Waals surface area (Å²) in [4.78, 5) is 10.8. The van der Waals surface area contributed by atoms with E-state index in [9.17, 15) is 9.18 Å². The third-order valence-electron chi connectivity index (χ3n) is 2.22. The molecule has 0 atom stereocenters. The fraction of sp³-hybridized carbons (Fsp3) is 0. The standard InChI is InChI=1S/C13H7BrClFO2/c14-11-4-3-10(6-12(11)16)18-13-5-9(15)2-1-8(13)7-17/h1-7H. The van der Waals surface area contributed by atoms with Crippen LogP contribution in [-0.4, -0.2) is 6.29 Å². The van der Waals surface area contributed by atoms with Crippen molar-refractivity contribution in [1.82, 2.24) is 0 Å². The third kappa shape index (κ3) is 2.89. The van der Waals surface area contributed by atoms with Gasteiger partial charge in [-0.05, 0) is 40.2 Å². The highest BCUT2D eigenvalue weighted by Gasteiger charge is 2.07. The maximum absolute atomic E-state index is 13.3. The molecule has 0 aliphatic rings. The lowest BCUT2D eigenvalue weighted by atomic mass is 10.2. The summed E-state index contributed by atoms with van der Waals surface area (Å²) in [7, 11) is 0. The molecule has 5 heteroatoms. The van der Waals surface area contributed by atoms with E-state index in [1.54, 1.807) is 18.2 Å². The van der Waals surface area contributed by atoms with Gasteiger partial charge in [0.1, 0.15) is 17.3 Å². The summed E-state index contributed by atoms with van der Waals surface area (Å²) in [5.41, 5.74) is 0.350. The number of hydrogen-bond donors (Lipinski definition) is 0. The lowest BCUT2D eigenvalue weighted by Crippen LogP contribution is -1.91. The fourth-order valence-corrected chi connectivity index (χ4v) is 1.77. The first kappa shape index (κ1) is 13.1. The smallest absolute Gasteiger partial charge is 0.153 e. The van der Waals surface area contributed by atoms with Crippen LogP contribution in [0.2, 0.25) is 5.02 Å². The minimum absolute atomic E-state index is 0.291. The van der Waals surface area contributed by atoms with Crippen LogP contribution in [0.15, 0.2) is 40.9 Å². The molecule has 0 saturated carbocycles. The highest BCUT2D eigenvalue weighted by Crippen LogP contribution is 2.29. The number of benzene rings is 2. The lowest BCUT2D eigenvalue weighted by Gasteiger charge is -2.08. The number of carbonyl (C=O) groups is 1. The number of aldehydes is 1. The molecule has 0 aromatic heterocycles. The van der Waals surface area contributed by atoms with Crippen molar-refractivity contribution < 1.29 is 13.9 Å². The Kier molecular flexibility index (Phi) is 3.99. The van der Waals surface area contributed by atoms with Gasteiger partial charge in [0.05, 0.1) is 10.0 Å². The molecule has 0 saturated heterocycles. The van der Waals surface area contributed by atoms with Gasteiger partial charge in [-0.15, -0.1) is 0 Å². The van der Waals surface area contributed by atoms with Crippen molar-refractivity contribution in [2.45, 2.75) is 0 Å². The second-order valence-corrected chi connectivity index (χ2v) is 4.77. The second-order valence-electron chi connectivity index (χ2n) is 3.48. The fourth-order valence-electron chi connectivity index (χ4n) is 1.36. The Bertz CT molecular complexity index is 602. The molecule has 2 aromatic rings. The van der Waals surface area contributed by atoms with Crippen molar-refractivity contribution in [2.75, 3.05) is 0 Å². The number of halogens is 3. The minimum Gasteiger partial charge on any atom is -0.456 e.